The minimum Gasteiger partial charge on any atom is -0.468 e. The Bertz CT molecular complexity index is 510. The van der Waals surface area contributed by atoms with Gasteiger partial charge in [-0.3, -0.25) is 4.79 Å². The molecule has 130 valence electrons. The molecule has 1 aromatic heterocycles. The quantitative estimate of drug-likeness (QED) is 0.839. The summed E-state index contributed by atoms with van der Waals surface area (Å²) < 4.78 is 40.5. The second-order valence-corrected chi connectivity index (χ2v) is 6.41. The molecular formula is C15H21F3N2O3. The second-order valence-electron chi connectivity index (χ2n) is 6.41. The van der Waals surface area contributed by atoms with E-state index in [1.54, 1.807) is 0 Å². The first-order chi connectivity index (χ1) is 10.5. The Morgan fingerprint density at radius 1 is 1.35 bits per heavy atom. The molecule has 5 nitrogen and oxygen atoms in total. The molecule has 0 radical (unpaired) electrons. The summed E-state index contributed by atoms with van der Waals surface area (Å²) in [5.74, 6) is -0.671. The molecule has 0 aliphatic rings. The Morgan fingerprint density at radius 3 is 2.43 bits per heavy atom. The van der Waals surface area contributed by atoms with Gasteiger partial charge in [-0.15, -0.1) is 0 Å². The lowest BCUT2D eigenvalue weighted by Gasteiger charge is -2.25. The van der Waals surface area contributed by atoms with E-state index in [4.69, 9.17) is 0 Å². The Hall–Kier alpha value is -1.83. The standard InChI is InChI=1S/C15H21F3N2O3/c1-14(2,3)6-11(8-21)20-13(22)10-4-5-12(19-7-10)23-9-15(16,17)18/h4-5,7,11,21H,6,8-9H2,1-3H3,(H,20,22). The number of halogens is 3. The van der Waals surface area contributed by atoms with E-state index in [1.165, 1.54) is 12.1 Å². The predicted octanol–water partition coefficient (Wildman–Crippen LogP) is 2.55. The van der Waals surface area contributed by atoms with E-state index in [9.17, 15) is 23.1 Å². The zero-order valence-corrected chi connectivity index (χ0v) is 13.3. The molecule has 0 spiro atoms. The lowest BCUT2D eigenvalue weighted by atomic mass is 9.88. The van der Waals surface area contributed by atoms with Crippen molar-refractivity contribution in [1.82, 2.24) is 10.3 Å². The molecule has 1 atom stereocenters. The summed E-state index contributed by atoms with van der Waals surface area (Å²) in [6.45, 7) is 4.30. The van der Waals surface area contributed by atoms with E-state index in [0.717, 1.165) is 6.20 Å². The zero-order valence-electron chi connectivity index (χ0n) is 13.3. The molecular weight excluding hydrogens is 313 g/mol. The molecule has 1 amide bonds. The highest BCUT2D eigenvalue weighted by Gasteiger charge is 2.28. The van der Waals surface area contributed by atoms with Crippen LogP contribution < -0.4 is 10.1 Å². The smallest absolute Gasteiger partial charge is 0.422 e. The van der Waals surface area contributed by atoms with Crippen LogP contribution in [0.2, 0.25) is 0 Å². The highest BCUT2D eigenvalue weighted by atomic mass is 19.4. The molecule has 0 aliphatic heterocycles. The molecule has 1 unspecified atom stereocenters. The number of amides is 1. The van der Waals surface area contributed by atoms with Gasteiger partial charge in [0.25, 0.3) is 5.91 Å². The Labute approximate surface area is 132 Å². The van der Waals surface area contributed by atoms with Crippen LogP contribution in [0, 0.1) is 5.41 Å². The second kappa shape index (κ2) is 7.63. The molecule has 0 bridgehead atoms. The number of carbonyl (C=O) groups excluding carboxylic acids is 1. The molecule has 23 heavy (non-hydrogen) atoms. The minimum atomic E-state index is -4.45. The third kappa shape index (κ3) is 7.83. The maximum atomic E-state index is 12.0. The number of nitrogens with one attached hydrogen (secondary N) is 1. The van der Waals surface area contributed by atoms with E-state index in [1.807, 2.05) is 20.8 Å². The number of aliphatic hydroxyl groups is 1. The third-order valence-corrected chi connectivity index (χ3v) is 2.80. The van der Waals surface area contributed by atoms with Crippen molar-refractivity contribution < 1.29 is 27.8 Å². The van der Waals surface area contributed by atoms with Crippen molar-refractivity contribution in [3.05, 3.63) is 23.9 Å². The summed E-state index contributed by atoms with van der Waals surface area (Å²) in [6, 6.07) is 2.10. The first kappa shape index (κ1) is 19.2. The van der Waals surface area contributed by atoms with Crippen LogP contribution >= 0.6 is 0 Å². The van der Waals surface area contributed by atoms with Crippen LogP contribution in [-0.2, 0) is 0 Å². The number of hydrogen-bond donors (Lipinski definition) is 2. The van der Waals surface area contributed by atoms with Gasteiger partial charge in [0.15, 0.2) is 6.61 Å². The summed E-state index contributed by atoms with van der Waals surface area (Å²) in [5.41, 5.74) is 0.102. The maximum absolute atomic E-state index is 12.0. The molecule has 1 rings (SSSR count). The number of aliphatic hydroxyl groups excluding tert-OH is 1. The Kier molecular flexibility index (Phi) is 6.37. The van der Waals surface area contributed by atoms with Crippen LogP contribution in [0.25, 0.3) is 0 Å². The van der Waals surface area contributed by atoms with Gasteiger partial charge in [-0.25, -0.2) is 4.98 Å². The maximum Gasteiger partial charge on any atom is 0.422 e. The number of ether oxygens (including phenoxy) is 1. The monoisotopic (exact) mass is 334 g/mol. The average molecular weight is 334 g/mol. The van der Waals surface area contributed by atoms with Crippen LogP contribution in [0.1, 0.15) is 37.6 Å². The van der Waals surface area contributed by atoms with E-state index in [-0.39, 0.29) is 23.5 Å². The number of hydrogen-bond acceptors (Lipinski definition) is 4. The Morgan fingerprint density at radius 2 is 2.00 bits per heavy atom. The van der Waals surface area contributed by atoms with Gasteiger partial charge in [-0.2, -0.15) is 13.2 Å². The summed E-state index contributed by atoms with van der Waals surface area (Å²) in [7, 11) is 0. The molecule has 0 aliphatic carbocycles. The molecule has 0 fully saturated rings. The van der Waals surface area contributed by atoms with E-state index in [2.05, 4.69) is 15.0 Å². The summed E-state index contributed by atoms with van der Waals surface area (Å²) in [6.07, 6.45) is -2.74. The van der Waals surface area contributed by atoms with Crippen LogP contribution in [0.15, 0.2) is 18.3 Å². The fraction of sp³-hybridized carbons (Fsp3) is 0.600. The lowest BCUT2D eigenvalue weighted by molar-refractivity contribution is -0.154. The number of nitrogens with zero attached hydrogens (tertiary/aromatic N) is 1. The molecule has 0 saturated heterocycles. The number of pyridine rings is 1. The van der Waals surface area contributed by atoms with Crippen molar-refractivity contribution in [1.29, 1.82) is 0 Å². The van der Waals surface area contributed by atoms with E-state index >= 15 is 0 Å². The van der Waals surface area contributed by atoms with Gasteiger partial charge in [0.05, 0.1) is 18.2 Å². The number of rotatable bonds is 6. The molecule has 0 aromatic carbocycles. The Balaban J connectivity index is 2.63. The predicted molar refractivity (Wildman–Crippen MR) is 78.2 cm³/mol. The minimum absolute atomic E-state index is 0.0752. The zero-order chi connectivity index (χ0) is 17.7. The van der Waals surface area contributed by atoms with Crippen molar-refractivity contribution in [2.75, 3.05) is 13.2 Å². The molecule has 2 N–H and O–H groups in total. The SMILES string of the molecule is CC(C)(C)CC(CO)NC(=O)c1ccc(OCC(F)(F)F)nc1. The van der Waals surface area contributed by atoms with Crippen LogP contribution in [0.3, 0.4) is 0 Å². The van der Waals surface area contributed by atoms with Crippen molar-refractivity contribution in [3.8, 4) is 5.88 Å². The fourth-order valence-corrected chi connectivity index (χ4v) is 1.92. The summed E-state index contributed by atoms with van der Waals surface area (Å²) >= 11 is 0. The normalized spacial score (nSPS) is 13.5. The van der Waals surface area contributed by atoms with Gasteiger partial charge in [0.1, 0.15) is 0 Å². The number of carbonyl (C=O) groups is 1. The van der Waals surface area contributed by atoms with Crippen LogP contribution in [0.5, 0.6) is 5.88 Å². The van der Waals surface area contributed by atoms with Crippen LogP contribution in [-0.4, -0.2) is 41.4 Å². The first-order valence-electron chi connectivity index (χ1n) is 7.07. The first-order valence-corrected chi connectivity index (χ1v) is 7.07. The van der Waals surface area contributed by atoms with Gasteiger partial charge in [0, 0.05) is 12.3 Å². The third-order valence-electron chi connectivity index (χ3n) is 2.80. The molecule has 1 aromatic rings. The number of alkyl halides is 3. The average Bonchev–Trinajstić information content (AvgIpc) is 2.42. The largest absolute Gasteiger partial charge is 0.468 e. The summed E-state index contributed by atoms with van der Waals surface area (Å²) in [5, 5.41) is 12.0. The van der Waals surface area contributed by atoms with Gasteiger partial charge in [-0.05, 0) is 17.9 Å². The van der Waals surface area contributed by atoms with Crippen molar-refractivity contribution >= 4 is 5.91 Å². The van der Waals surface area contributed by atoms with Crippen molar-refractivity contribution in [2.45, 2.75) is 39.4 Å². The van der Waals surface area contributed by atoms with Gasteiger partial charge in [-0.1, -0.05) is 20.8 Å². The molecule has 1 heterocycles. The van der Waals surface area contributed by atoms with Gasteiger partial charge >= 0.3 is 6.18 Å². The van der Waals surface area contributed by atoms with E-state index < -0.39 is 24.7 Å². The fourth-order valence-electron chi connectivity index (χ4n) is 1.92. The van der Waals surface area contributed by atoms with Crippen molar-refractivity contribution in [2.24, 2.45) is 5.41 Å². The van der Waals surface area contributed by atoms with Gasteiger partial charge in [0.2, 0.25) is 5.88 Å². The van der Waals surface area contributed by atoms with Gasteiger partial charge < -0.3 is 15.2 Å². The van der Waals surface area contributed by atoms with E-state index in [0.29, 0.717) is 6.42 Å². The summed E-state index contributed by atoms with van der Waals surface area (Å²) in [4.78, 5) is 15.7. The molecule has 8 heteroatoms. The highest BCUT2D eigenvalue weighted by molar-refractivity contribution is 5.94. The van der Waals surface area contributed by atoms with Crippen LogP contribution in [0.4, 0.5) is 13.2 Å². The molecule has 0 saturated carbocycles. The number of aromatic nitrogens is 1. The van der Waals surface area contributed by atoms with Crippen molar-refractivity contribution in [3.63, 3.8) is 0 Å². The lowest BCUT2D eigenvalue weighted by Crippen LogP contribution is -2.40. The highest BCUT2D eigenvalue weighted by Crippen LogP contribution is 2.21. The topological polar surface area (TPSA) is 71.5 Å².